The van der Waals surface area contributed by atoms with Gasteiger partial charge >= 0.3 is 0 Å². The number of fused-ring (bicyclic) bond motifs is 1. The first-order valence-corrected chi connectivity index (χ1v) is 8.26. The fourth-order valence-corrected chi connectivity index (χ4v) is 4.63. The van der Waals surface area contributed by atoms with Gasteiger partial charge in [-0.1, -0.05) is 39.7 Å². The van der Waals surface area contributed by atoms with Crippen LogP contribution in [-0.4, -0.2) is 18.5 Å². The van der Waals surface area contributed by atoms with E-state index in [0.717, 1.165) is 22.6 Å². The molecular weight excluding hydrogens is 342 g/mol. The van der Waals surface area contributed by atoms with Crippen LogP contribution in [0.2, 0.25) is 5.02 Å². The van der Waals surface area contributed by atoms with Crippen molar-refractivity contribution in [3.63, 3.8) is 0 Å². The molecule has 1 unspecified atom stereocenters. The molecule has 2 heterocycles. The summed E-state index contributed by atoms with van der Waals surface area (Å²) < 4.78 is 1.12. The third-order valence-electron chi connectivity index (χ3n) is 3.65. The van der Waals surface area contributed by atoms with Crippen LogP contribution in [0.3, 0.4) is 0 Å². The van der Waals surface area contributed by atoms with Crippen LogP contribution in [0.4, 0.5) is 0 Å². The van der Waals surface area contributed by atoms with Crippen LogP contribution in [0.25, 0.3) is 0 Å². The van der Waals surface area contributed by atoms with Gasteiger partial charge in [-0.15, -0.1) is 11.3 Å². The normalized spacial score (nSPS) is 19.5. The maximum absolute atomic E-state index is 6.53. The van der Waals surface area contributed by atoms with Gasteiger partial charge in [0.25, 0.3) is 0 Å². The van der Waals surface area contributed by atoms with Gasteiger partial charge in [0.1, 0.15) is 0 Å². The lowest BCUT2D eigenvalue weighted by atomic mass is 9.88. The average Bonchev–Trinajstić information content (AvgIpc) is 2.65. The van der Waals surface area contributed by atoms with Gasteiger partial charge in [-0.2, -0.15) is 0 Å². The third-order valence-corrected chi connectivity index (χ3v) is 5.88. The van der Waals surface area contributed by atoms with Gasteiger partial charge in [0, 0.05) is 33.2 Å². The van der Waals surface area contributed by atoms with E-state index < -0.39 is 0 Å². The number of thiophene rings is 1. The molecule has 1 atom stereocenters. The molecule has 4 heteroatoms. The van der Waals surface area contributed by atoms with Crippen molar-refractivity contribution < 1.29 is 0 Å². The molecule has 0 bridgehead atoms. The summed E-state index contributed by atoms with van der Waals surface area (Å²) in [4.78, 5) is 5.04. The molecule has 1 aromatic carbocycles. The van der Waals surface area contributed by atoms with E-state index in [1.807, 2.05) is 11.3 Å². The highest BCUT2D eigenvalue weighted by molar-refractivity contribution is 9.10. The Morgan fingerprint density at radius 1 is 1.32 bits per heavy atom. The number of hydrogen-bond donors (Lipinski definition) is 0. The summed E-state index contributed by atoms with van der Waals surface area (Å²) in [5, 5.41) is 0.973. The molecule has 1 aliphatic rings. The summed E-state index contributed by atoms with van der Waals surface area (Å²) in [6, 6.07) is 8.61. The molecule has 1 nitrogen and oxygen atoms in total. The minimum atomic E-state index is 0.388. The van der Waals surface area contributed by atoms with E-state index in [4.69, 9.17) is 11.6 Å². The van der Waals surface area contributed by atoms with Crippen LogP contribution in [0.1, 0.15) is 26.8 Å². The fourth-order valence-electron chi connectivity index (χ4n) is 2.74. The topological polar surface area (TPSA) is 3.24 Å². The van der Waals surface area contributed by atoms with Gasteiger partial charge in [0.05, 0.1) is 5.02 Å². The van der Waals surface area contributed by atoms with Crippen molar-refractivity contribution in [3.8, 4) is 0 Å². The Hall–Kier alpha value is -0.350. The SMILES string of the molecule is Cc1sc2c(c1Cl)C(c1ccc(Br)cc1)CN(C)C2. The fraction of sp³-hybridized carbons (Fsp3) is 0.333. The lowest BCUT2D eigenvalue weighted by Gasteiger charge is -2.30. The summed E-state index contributed by atoms with van der Waals surface area (Å²) in [5.74, 6) is 0.388. The molecule has 0 saturated carbocycles. The molecule has 0 fully saturated rings. The second-order valence-electron chi connectivity index (χ2n) is 5.11. The van der Waals surface area contributed by atoms with Gasteiger partial charge in [-0.3, -0.25) is 0 Å². The minimum absolute atomic E-state index is 0.388. The number of rotatable bonds is 1. The van der Waals surface area contributed by atoms with Crippen LogP contribution in [0.5, 0.6) is 0 Å². The number of hydrogen-bond acceptors (Lipinski definition) is 2. The van der Waals surface area contributed by atoms with Crippen LogP contribution < -0.4 is 0 Å². The van der Waals surface area contributed by atoms with Crippen molar-refractivity contribution in [2.45, 2.75) is 19.4 Å². The molecule has 1 aromatic heterocycles. The quantitative estimate of drug-likeness (QED) is 0.691. The minimum Gasteiger partial charge on any atom is -0.300 e. The molecule has 0 N–H and O–H groups in total. The summed E-state index contributed by atoms with van der Waals surface area (Å²) in [5.41, 5.74) is 2.69. The van der Waals surface area contributed by atoms with E-state index in [2.05, 4.69) is 59.1 Å². The summed E-state index contributed by atoms with van der Waals surface area (Å²) >= 11 is 11.9. The molecule has 0 amide bonds. The Kier molecular flexibility index (Phi) is 3.73. The van der Waals surface area contributed by atoms with E-state index in [1.54, 1.807) is 0 Å². The number of benzene rings is 1. The standard InChI is InChI=1S/C15H15BrClNS/c1-9-15(17)14-12(7-18(2)8-13(14)19-9)10-3-5-11(16)6-4-10/h3-6,12H,7-8H2,1-2H3. The van der Waals surface area contributed by atoms with E-state index >= 15 is 0 Å². The lowest BCUT2D eigenvalue weighted by molar-refractivity contribution is 0.299. The molecule has 19 heavy (non-hydrogen) atoms. The predicted molar refractivity (Wildman–Crippen MR) is 86.4 cm³/mol. The Morgan fingerprint density at radius 3 is 2.68 bits per heavy atom. The number of nitrogens with zero attached hydrogens (tertiary/aromatic N) is 1. The molecular formula is C15H15BrClNS. The lowest BCUT2D eigenvalue weighted by Crippen LogP contribution is -2.30. The zero-order chi connectivity index (χ0) is 13.6. The van der Waals surface area contributed by atoms with Crippen LogP contribution >= 0.6 is 38.9 Å². The van der Waals surface area contributed by atoms with Gasteiger partial charge in [0.15, 0.2) is 0 Å². The Bertz CT molecular complexity index is 605. The van der Waals surface area contributed by atoms with E-state index in [1.165, 1.54) is 20.9 Å². The summed E-state index contributed by atoms with van der Waals surface area (Å²) in [6.07, 6.45) is 0. The molecule has 100 valence electrons. The van der Waals surface area contributed by atoms with Crippen LogP contribution in [-0.2, 0) is 6.54 Å². The Morgan fingerprint density at radius 2 is 2.00 bits per heavy atom. The molecule has 0 spiro atoms. The zero-order valence-corrected chi connectivity index (χ0v) is 14.1. The second kappa shape index (κ2) is 5.21. The number of aryl methyl sites for hydroxylation is 1. The number of likely N-dealkylation sites (N-methyl/N-ethyl adjacent to an activating group) is 1. The van der Waals surface area contributed by atoms with E-state index in [9.17, 15) is 0 Å². The monoisotopic (exact) mass is 355 g/mol. The first kappa shape index (κ1) is 13.6. The van der Waals surface area contributed by atoms with Crippen molar-refractivity contribution >= 4 is 38.9 Å². The van der Waals surface area contributed by atoms with Crippen molar-refractivity contribution in [3.05, 3.63) is 54.6 Å². The smallest absolute Gasteiger partial charge is 0.0584 e. The molecule has 1 aliphatic heterocycles. The van der Waals surface area contributed by atoms with Crippen molar-refractivity contribution in [1.29, 1.82) is 0 Å². The van der Waals surface area contributed by atoms with Gasteiger partial charge in [0.2, 0.25) is 0 Å². The highest BCUT2D eigenvalue weighted by Gasteiger charge is 2.29. The molecule has 3 rings (SSSR count). The highest BCUT2D eigenvalue weighted by Crippen LogP contribution is 2.43. The maximum Gasteiger partial charge on any atom is 0.0584 e. The average molecular weight is 357 g/mol. The molecule has 0 radical (unpaired) electrons. The van der Waals surface area contributed by atoms with E-state index in [-0.39, 0.29) is 0 Å². The second-order valence-corrected chi connectivity index (χ2v) is 7.71. The highest BCUT2D eigenvalue weighted by atomic mass is 79.9. The molecule has 0 aliphatic carbocycles. The van der Waals surface area contributed by atoms with Crippen molar-refractivity contribution in [2.75, 3.05) is 13.6 Å². The zero-order valence-electron chi connectivity index (χ0n) is 10.9. The largest absolute Gasteiger partial charge is 0.300 e. The number of halogens is 2. The Balaban J connectivity index is 2.10. The molecule has 2 aromatic rings. The predicted octanol–water partition coefficient (Wildman–Crippen LogP) is 5.05. The van der Waals surface area contributed by atoms with Crippen LogP contribution in [0, 0.1) is 6.92 Å². The third kappa shape index (κ3) is 2.49. The van der Waals surface area contributed by atoms with Crippen LogP contribution in [0.15, 0.2) is 28.7 Å². The summed E-state index contributed by atoms with van der Waals surface area (Å²) in [6.45, 7) is 4.16. The maximum atomic E-state index is 6.53. The van der Waals surface area contributed by atoms with E-state index in [0.29, 0.717) is 5.92 Å². The van der Waals surface area contributed by atoms with Gasteiger partial charge in [-0.05, 0) is 37.2 Å². The van der Waals surface area contributed by atoms with Crippen molar-refractivity contribution in [1.82, 2.24) is 4.90 Å². The van der Waals surface area contributed by atoms with Gasteiger partial charge < -0.3 is 4.90 Å². The first-order chi connectivity index (χ1) is 9.06. The Labute approximate surface area is 131 Å². The molecule has 0 saturated heterocycles. The van der Waals surface area contributed by atoms with Crippen molar-refractivity contribution in [2.24, 2.45) is 0 Å². The first-order valence-electron chi connectivity index (χ1n) is 6.28. The van der Waals surface area contributed by atoms with Gasteiger partial charge in [-0.25, -0.2) is 0 Å². The summed E-state index contributed by atoms with van der Waals surface area (Å²) in [7, 11) is 2.18.